The van der Waals surface area contributed by atoms with Gasteiger partial charge in [-0.2, -0.15) is 0 Å². The second-order valence-corrected chi connectivity index (χ2v) is 21.2. The van der Waals surface area contributed by atoms with E-state index in [1.165, 1.54) is 145 Å². The quantitative estimate of drug-likeness (QED) is 0.156. The summed E-state index contributed by atoms with van der Waals surface area (Å²) in [6.07, 6.45) is 9.27. The molecule has 0 aliphatic heterocycles. The standard InChI is InChI=1S/C16H18.C15H16.C10H14.C9H12.2C5H12.2C4H10.C3H8.C2H6/c1-11-5-7-15(8-6-11)16-13(3)9-12(2)10-14(16)4;1-11-4-6-14(7-5-11)15-9-12(2)8-13(3)10-15;1-7-5-8(2)10(4)9(3)6-7;1-7-4-8(2)6-9(3)5-7;1-4-5(2)3;1-3-5-4-2;1-4(2)3;1-3-4-2;1-3-2;1-2/h5-10H,1-4H3;4-10H,1-3H3;5-6H,1-4H3;4-6H,1-3H3;5H,4H2,1-3H3;3-5H2,1-2H3;4H,1-3H3;3-4H2,1-2H3;3H2,1-2H3;1-2H3. The van der Waals surface area contributed by atoms with E-state index in [0.717, 1.165) is 11.8 Å². The maximum Gasteiger partial charge on any atom is -0.0125 e. The zero-order chi connectivity index (χ0) is 57.2. The van der Waals surface area contributed by atoms with Crippen LogP contribution < -0.4 is 0 Å². The van der Waals surface area contributed by atoms with Crippen molar-refractivity contribution in [3.05, 3.63) is 187 Å². The van der Waals surface area contributed by atoms with Gasteiger partial charge in [0, 0.05) is 0 Å². The molecule has 73 heavy (non-hydrogen) atoms. The number of hydrogen-bond acceptors (Lipinski definition) is 0. The molecule has 0 atom stereocenters. The summed E-state index contributed by atoms with van der Waals surface area (Å²) in [6.45, 7) is 60.2. The first-order chi connectivity index (χ1) is 34.3. The molecule has 0 saturated heterocycles. The van der Waals surface area contributed by atoms with E-state index < -0.39 is 0 Å². The highest BCUT2D eigenvalue weighted by Crippen LogP contribution is 2.28. The van der Waals surface area contributed by atoms with Crippen LogP contribution in [0.1, 0.15) is 220 Å². The summed E-state index contributed by atoms with van der Waals surface area (Å²) in [5.74, 6) is 1.72. The van der Waals surface area contributed by atoms with Crippen LogP contribution in [-0.4, -0.2) is 0 Å². The van der Waals surface area contributed by atoms with Crippen molar-refractivity contribution in [2.45, 2.75) is 239 Å². The third kappa shape index (κ3) is 40.4. The predicted octanol–water partition coefficient (Wildman–Crippen LogP) is 24.6. The molecule has 0 heterocycles. The lowest BCUT2D eigenvalue weighted by atomic mass is 9.93. The van der Waals surface area contributed by atoms with Gasteiger partial charge in [0.25, 0.3) is 0 Å². The van der Waals surface area contributed by atoms with Gasteiger partial charge in [-0.25, -0.2) is 0 Å². The molecule has 0 N–H and O–H groups in total. The van der Waals surface area contributed by atoms with Crippen molar-refractivity contribution < 1.29 is 0 Å². The normalized spacial score (nSPS) is 9.45. The Bertz CT molecular complexity index is 2100. The van der Waals surface area contributed by atoms with Crippen LogP contribution in [0, 0.1) is 109 Å². The molecule has 0 fully saturated rings. The van der Waals surface area contributed by atoms with E-state index in [-0.39, 0.29) is 0 Å². The minimum absolute atomic E-state index is 0.833. The minimum atomic E-state index is 0.833. The Morgan fingerprint density at radius 3 is 0.795 bits per heavy atom. The van der Waals surface area contributed by atoms with Gasteiger partial charge in [-0.05, 0) is 159 Å². The number of benzene rings is 6. The maximum atomic E-state index is 2.25. The first-order valence-corrected chi connectivity index (χ1v) is 28.7. The smallest absolute Gasteiger partial charge is 0.0125 e. The Morgan fingerprint density at radius 1 is 0.301 bits per heavy atom. The summed E-state index contributed by atoms with van der Waals surface area (Å²) in [5, 5.41) is 0. The minimum Gasteiger partial charge on any atom is -0.0683 e. The van der Waals surface area contributed by atoms with Crippen LogP contribution in [-0.2, 0) is 0 Å². The summed E-state index contributed by atoms with van der Waals surface area (Å²) >= 11 is 0. The van der Waals surface area contributed by atoms with Crippen molar-refractivity contribution >= 4 is 0 Å². The topological polar surface area (TPSA) is 0 Å². The van der Waals surface area contributed by atoms with Gasteiger partial charge in [0.2, 0.25) is 0 Å². The SMILES string of the molecule is CC.CC(C)C.CCC.CCC(C)C.CCCC.CCCCC.Cc1cc(C)c(C)c(C)c1.Cc1cc(C)cc(C)c1.Cc1ccc(-c2c(C)cc(C)cc2C)cc1.Cc1ccc(-c2cc(C)cc(C)c2)cc1. The van der Waals surface area contributed by atoms with E-state index in [4.69, 9.17) is 0 Å². The zero-order valence-electron chi connectivity index (χ0n) is 53.5. The first-order valence-electron chi connectivity index (χ1n) is 28.7. The molecule has 0 aliphatic carbocycles. The van der Waals surface area contributed by atoms with Gasteiger partial charge < -0.3 is 0 Å². The molecule has 0 amide bonds. The summed E-state index contributed by atoms with van der Waals surface area (Å²) in [6, 6.07) is 39.6. The third-order valence-electron chi connectivity index (χ3n) is 11.1. The number of hydrogen-bond donors (Lipinski definition) is 0. The lowest BCUT2D eigenvalue weighted by molar-refractivity contribution is 0.626. The fourth-order valence-corrected chi connectivity index (χ4v) is 7.05. The van der Waals surface area contributed by atoms with Gasteiger partial charge in [-0.15, -0.1) is 0 Å². The highest BCUT2D eigenvalue weighted by molar-refractivity contribution is 5.71. The van der Waals surface area contributed by atoms with Crippen LogP contribution in [0.3, 0.4) is 0 Å². The van der Waals surface area contributed by atoms with Crippen molar-refractivity contribution in [3.63, 3.8) is 0 Å². The van der Waals surface area contributed by atoms with Crippen molar-refractivity contribution in [3.8, 4) is 22.3 Å². The van der Waals surface area contributed by atoms with Crippen LogP contribution in [0.4, 0.5) is 0 Å². The van der Waals surface area contributed by atoms with Gasteiger partial charge in [0.1, 0.15) is 0 Å². The van der Waals surface area contributed by atoms with Gasteiger partial charge in [0.15, 0.2) is 0 Å². The Balaban J connectivity index is -0.000000387. The second-order valence-electron chi connectivity index (χ2n) is 21.2. The highest BCUT2D eigenvalue weighted by atomic mass is 14.1. The summed E-state index contributed by atoms with van der Waals surface area (Å²) in [7, 11) is 0. The molecule has 0 radical (unpaired) electrons. The van der Waals surface area contributed by atoms with Gasteiger partial charge in [0.05, 0.1) is 0 Å². The fraction of sp³-hybridized carbons (Fsp3) is 0.507. The van der Waals surface area contributed by atoms with E-state index in [9.17, 15) is 0 Å². The Hall–Kier alpha value is -4.68. The van der Waals surface area contributed by atoms with Crippen LogP contribution in [0.25, 0.3) is 22.3 Å². The van der Waals surface area contributed by atoms with Crippen LogP contribution in [0.5, 0.6) is 0 Å². The summed E-state index contributed by atoms with van der Waals surface area (Å²) in [5.41, 5.74) is 24.3. The summed E-state index contributed by atoms with van der Waals surface area (Å²) in [4.78, 5) is 0. The zero-order valence-corrected chi connectivity index (χ0v) is 53.5. The summed E-state index contributed by atoms with van der Waals surface area (Å²) < 4.78 is 0. The number of unbranched alkanes of at least 4 members (excludes halogenated alkanes) is 3. The molecule has 0 heteroatoms. The third-order valence-corrected chi connectivity index (χ3v) is 11.1. The van der Waals surface area contributed by atoms with E-state index in [0.29, 0.717) is 0 Å². The molecule has 0 bridgehead atoms. The maximum absolute atomic E-state index is 2.25. The van der Waals surface area contributed by atoms with E-state index in [1.807, 2.05) is 13.8 Å². The predicted molar refractivity (Wildman–Crippen MR) is 342 cm³/mol. The van der Waals surface area contributed by atoms with Gasteiger partial charge >= 0.3 is 0 Å². The molecule has 410 valence electrons. The molecule has 0 saturated carbocycles. The molecular formula is C73H118. The number of aryl methyl sites for hydroxylation is 13. The molecule has 0 unspecified atom stereocenters. The second kappa shape index (κ2) is 45.9. The van der Waals surface area contributed by atoms with Crippen molar-refractivity contribution in [1.29, 1.82) is 0 Å². The molecule has 0 spiro atoms. The molecule has 6 aromatic carbocycles. The molecule has 0 aromatic heterocycles. The van der Waals surface area contributed by atoms with E-state index >= 15 is 0 Å². The molecule has 0 aliphatic rings. The van der Waals surface area contributed by atoms with Gasteiger partial charge in [-0.3, -0.25) is 0 Å². The van der Waals surface area contributed by atoms with Crippen molar-refractivity contribution in [1.82, 2.24) is 0 Å². The molecule has 6 rings (SSSR count). The van der Waals surface area contributed by atoms with E-state index in [2.05, 4.69) is 289 Å². The van der Waals surface area contributed by atoms with Crippen molar-refractivity contribution in [2.24, 2.45) is 11.8 Å². The highest BCUT2D eigenvalue weighted by Gasteiger charge is 2.06. The Morgan fingerprint density at radius 2 is 0.548 bits per heavy atom. The van der Waals surface area contributed by atoms with Gasteiger partial charge in [-0.1, -0.05) is 301 Å². The van der Waals surface area contributed by atoms with Crippen LogP contribution >= 0.6 is 0 Å². The van der Waals surface area contributed by atoms with Crippen LogP contribution in [0.15, 0.2) is 109 Å². The van der Waals surface area contributed by atoms with E-state index in [1.54, 1.807) is 0 Å². The molecule has 6 aromatic rings. The van der Waals surface area contributed by atoms with Crippen LogP contribution in [0.2, 0.25) is 0 Å². The van der Waals surface area contributed by atoms with Crippen molar-refractivity contribution in [2.75, 3.05) is 0 Å². The average molecular weight is 996 g/mol. The largest absolute Gasteiger partial charge is 0.0683 e. The lowest BCUT2D eigenvalue weighted by Gasteiger charge is -2.11. The lowest BCUT2D eigenvalue weighted by Crippen LogP contribution is -1.90. The molecular weight excluding hydrogens is 877 g/mol. The Kier molecular flexibility index (Phi) is 47.1. The Labute approximate surface area is 457 Å². The average Bonchev–Trinajstić information content (AvgIpc) is 3.30. The monoisotopic (exact) mass is 995 g/mol. The fourth-order valence-electron chi connectivity index (χ4n) is 7.05. The molecule has 0 nitrogen and oxygen atoms in total. The number of rotatable bonds is 6. The first kappa shape index (κ1) is 74.8.